The van der Waals surface area contributed by atoms with Crippen LogP contribution < -0.4 is 5.32 Å². The molecule has 1 aliphatic heterocycles. The predicted octanol–water partition coefficient (Wildman–Crippen LogP) is 3.66. The topological polar surface area (TPSA) is 92.5 Å². The third kappa shape index (κ3) is 4.47. The van der Waals surface area contributed by atoms with Crippen molar-refractivity contribution in [2.75, 3.05) is 11.9 Å². The van der Waals surface area contributed by atoms with Crippen molar-refractivity contribution in [1.29, 1.82) is 0 Å². The van der Waals surface area contributed by atoms with Gasteiger partial charge in [-0.3, -0.25) is 10.1 Å². The number of aryl methyl sites for hydroxylation is 1. The molecule has 150 valence electrons. The molecule has 0 aliphatic carbocycles. The highest BCUT2D eigenvalue weighted by Gasteiger charge is 2.28. The van der Waals surface area contributed by atoms with Crippen molar-refractivity contribution in [3.8, 4) is 0 Å². The number of carbonyl (C=O) groups is 1. The molecule has 1 amide bonds. The quantitative estimate of drug-likeness (QED) is 0.668. The summed E-state index contributed by atoms with van der Waals surface area (Å²) in [6.07, 6.45) is 3.53. The maximum Gasteiger partial charge on any atom is 0.293 e. The molecule has 1 aliphatic rings. The molecule has 2 aromatic heterocycles. The summed E-state index contributed by atoms with van der Waals surface area (Å²) in [6, 6.07) is 10.8. The van der Waals surface area contributed by atoms with Gasteiger partial charge in [0.15, 0.2) is 10.9 Å². The molecule has 0 atom stereocenters. The molecular weight excluding hydrogens is 410 g/mol. The van der Waals surface area contributed by atoms with E-state index in [9.17, 15) is 13.2 Å². The molecule has 1 N–H and O–H groups in total. The molecule has 0 saturated carbocycles. The zero-order chi connectivity index (χ0) is 20.4. The number of furan rings is 1. The highest BCUT2D eigenvalue weighted by molar-refractivity contribution is 7.92. The lowest BCUT2D eigenvalue weighted by Gasteiger charge is -2.23. The minimum Gasteiger partial charge on any atom is -0.459 e. The number of amides is 1. The minimum atomic E-state index is -3.55. The second kappa shape index (κ2) is 7.94. The van der Waals surface area contributed by atoms with Gasteiger partial charge in [-0.2, -0.15) is 4.31 Å². The predicted molar refractivity (Wildman–Crippen MR) is 112 cm³/mol. The van der Waals surface area contributed by atoms with Gasteiger partial charge in [0, 0.05) is 23.3 Å². The smallest absolute Gasteiger partial charge is 0.293 e. The number of aromatic nitrogens is 1. The van der Waals surface area contributed by atoms with E-state index in [1.807, 2.05) is 31.2 Å². The number of sulfonamides is 1. The van der Waals surface area contributed by atoms with Gasteiger partial charge in [0.05, 0.1) is 18.5 Å². The fourth-order valence-corrected chi connectivity index (χ4v) is 5.19. The van der Waals surface area contributed by atoms with Crippen LogP contribution in [0.1, 0.15) is 32.3 Å². The fraction of sp³-hybridized carbons (Fsp3) is 0.200. The fourth-order valence-electron chi connectivity index (χ4n) is 2.94. The van der Waals surface area contributed by atoms with Crippen molar-refractivity contribution in [3.05, 3.63) is 75.5 Å². The maximum absolute atomic E-state index is 12.7. The highest BCUT2D eigenvalue weighted by atomic mass is 32.2. The van der Waals surface area contributed by atoms with Crippen molar-refractivity contribution < 1.29 is 17.6 Å². The maximum atomic E-state index is 12.7. The van der Waals surface area contributed by atoms with Crippen molar-refractivity contribution in [2.24, 2.45) is 0 Å². The Kier molecular flexibility index (Phi) is 5.35. The van der Waals surface area contributed by atoms with Gasteiger partial charge in [-0.1, -0.05) is 29.8 Å². The van der Waals surface area contributed by atoms with E-state index >= 15 is 0 Å². The average Bonchev–Trinajstić information content (AvgIpc) is 3.36. The van der Waals surface area contributed by atoms with E-state index in [-0.39, 0.29) is 18.2 Å². The van der Waals surface area contributed by atoms with E-state index in [1.54, 1.807) is 18.2 Å². The van der Waals surface area contributed by atoms with Crippen LogP contribution in [0.2, 0.25) is 0 Å². The summed E-state index contributed by atoms with van der Waals surface area (Å²) >= 11 is 1.28. The van der Waals surface area contributed by atoms with Gasteiger partial charge in [0.1, 0.15) is 0 Å². The largest absolute Gasteiger partial charge is 0.459 e. The van der Waals surface area contributed by atoms with Crippen molar-refractivity contribution in [3.63, 3.8) is 0 Å². The van der Waals surface area contributed by atoms with Gasteiger partial charge in [0.2, 0.25) is 10.0 Å². The number of rotatable bonds is 5. The Labute approximate surface area is 172 Å². The molecule has 7 nitrogen and oxygen atoms in total. The lowest BCUT2D eigenvalue weighted by atomic mass is 10.2. The first kappa shape index (κ1) is 19.6. The number of hydrogen-bond acceptors (Lipinski definition) is 6. The highest BCUT2D eigenvalue weighted by Crippen LogP contribution is 2.30. The summed E-state index contributed by atoms with van der Waals surface area (Å²) in [7, 11) is -3.55. The number of thiazole rings is 1. The Bertz CT molecular complexity index is 1150. The van der Waals surface area contributed by atoms with Gasteiger partial charge in [-0.15, -0.1) is 11.3 Å². The van der Waals surface area contributed by atoms with Gasteiger partial charge in [0.25, 0.3) is 5.91 Å². The van der Waals surface area contributed by atoms with Crippen LogP contribution in [0.25, 0.3) is 6.08 Å². The lowest BCUT2D eigenvalue weighted by Crippen LogP contribution is -2.34. The molecule has 0 radical (unpaired) electrons. The number of nitrogens with zero attached hydrogens (tertiary/aromatic N) is 2. The number of carbonyl (C=O) groups excluding carboxylic acids is 1. The van der Waals surface area contributed by atoms with E-state index in [4.69, 9.17) is 4.42 Å². The number of hydrogen-bond donors (Lipinski definition) is 1. The van der Waals surface area contributed by atoms with E-state index in [0.29, 0.717) is 18.1 Å². The van der Waals surface area contributed by atoms with Crippen LogP contribution in [0, 0.1) is 6.92 Å². The second-order valence-electron chi connectivity index (χ2n) is 6.66. The lowest BCUT2D eigenvalue weighted by molar-refractivity contribution is 0.0996. The summed E-state index contributed by atoms with van der Waals surface area (Å²) in [6.45, 7) is 2.57. The average molecular weight is 430 g/mol. The van der Waals surface area contributed by atoms with Crippen molar-refractivity contribution >= 4 is 38.5 Å². The van der Waals surface area contributed by atoms with Gasteiger partial charge < -0.3 is 4.42 Å². The number of nitrogens with one attached hydrogen (secondary N) is 1. The summed E-state index contributed by atoms with van der Waals surface area (Å²) in [5.41, 5.74) is 2.77. The number of anilines is 1. The summed E-state index contributed by atoms with van der Waals surface area (Å²) in [5.74, 6) is -0.185. The van der Waals surface area contributed by atoms with Crippen LogP contribution in [-0.4, -0.2) is 30.2 Å². The van der Waals surface area contributed by atoms with Crippen LogP contribution in [0.4, 0.5) is 5.13 Å². The van der Waals surface area contributed by atoms with Crippen LogP contribution >= 0.6 is 11.3 Å². The number of fused-ring (bicyclic) bond motifs is 1. The second-order valence-corrected chi connectivity index (χ2v) is 9.56. The Morgan fingerprint density at radius 2 is 2.07 bits per heavy atom. The van der Waals surface area contributed by atoms with Crippen LogP contribution in [0.5, 0.6) is 0 Å². The molecule has 9 heteroatoms. The molecule has 0 spiro atoms. The summed E-state index contributed by atoms with van der Waals surface area (Å²) in [5, 5.41) is 4.37. The zero-order valence-corrected chi connectivity index (χ0v) is 17.3. The first-order valence-electron chi connectivity index (χ1n) is 8.99. The SMILES string of the molecule is Cc1ccc(/C=C/S(=O)(=O)N2CCc3nc(NC(=O)c4ccco4)sc3C2)cc1. The van der Waals surface area contributed by atoms with E-state index in [1.165, 1.54) is 27.3 Å². The molecule has 0 unspecified atom stereocenters. The molecule has 0 saturated heterocycles. The Morgan fingerprint density at radius 3 is 2.79 bits per heavy atom. The zero-order valence-electron chi connectivity index (χ0n) is 15.7. The standard InChI is InChI=1S/C20H19N3O4S2/c1-14-4-6-15(7-5-14)9-12-29(25,26)23-10-8-16-18(13-23)28-20(21-16)22-19(24)17-3-2-11-27-17/h2-7,9,11-12H,8,10,13H2,1H3,(H,21,22,24)/b12-9+. The van der Waals surface area contributed by atoms with E-state index < -0.39 is 10.0 Å². The Morgan fingerprint density at radius 1 is 1.28 bits per heavy atom. The van der Waals surface area contributed by atoms with E-state index in [0.717, 1.165) is 21.7 Å². The molecule has 4 rings (SSSR count). The van der Waals surface area contributed by atoms with Crippen LogP contribution in [0.15, 0.2) is 52.5 Å². The van der Waals surface area contributed by atoms with Gasteiger partial charge in [-0.25, -0.2) is 13.4 Å². The normalized spacial score (nSPS) is 14.8. The monoisotopic (exact) mass is 429 g/mol. The molecule has 0 fully saturated rings. The van der Waals surface area contributed by atoms with Crippen molar-refractivity contribution in [1.82, 2.24) is 9.29 Å². The third-order valence-electron chi connectivity index (χ3n) is 4.53. The van der Waals surface area contributed by atoms with Gasteiger partial charge >= 0.3 is 0 Å². The molecule has 3 heterocycles. The minimum absolute atomic E-state index is 0.198. The molecule has 3 aromatic rings. The summed E-state index contributed by atoms with van der Waals surface area (Å²) in [4.78, 5) is 17.4. The third-order valence-corrected chi connectivity index (χ3v) is 7.04. The Hall–Kier alpha value is -2.75. The van der Waals surface area contributed by atoms with Crippen molar-refractivity contribution in [2.45, 2.75) is 19.9 Å². The Balaban J connectivity index is 1.45. The van der Waals surface area contributed by atoms with Crippen LogP contribution in [-0.2, 0) is 23.0 Å². The molecule has 29 heavy (non-hydrogen) atoms. The molecular formula is C20H19N3O4S2. The number of benzene rings is 1. The van der Waals surface area contributed by atoms with Crippen LogP contribution in [0.3, 0.4) is 0 Å². The summed E-state index contributed by atoms with van der Waals surface area (Å²) < 4.78 is 31.9. The first-order valence-corrected chi connectivity index (χ1v) is 11.3. The molecule has 1 aromatic carbocycles. The molecule has 0 bridgehead atoms. The first-order chi connectivity index (χ1) is 13.9. The van der Waals surface area contributed by atoms with Gasteiger partial charge in [-0.05, 0) is 30.7 Å². The van der Waals surface area contributed by atoms with E-state index in [2.05, 4.69) is 10.3 Å².